The van der Waals surface area contributed by atoms with Crippen molar-refractivity contribution in [3.05, 3.63) is 0 Å². The molecule has 78 valence electrons. The van der Waals surface area contributed by atoms with E-state index in [9.17, 15) is 0 Å². The Morgan fingerprint density at radius 3 is 2.50 bits per heavy atom. The Labute approximate surface area is 87.1 Å². The third-order valence-corrected chi connectivity index (χ3v) is 3.67. The average Bonchev–Trinajstić information content (AvgIpc) is 2.54. The third kappa shape index (κ3) is 1.94. The number of hydrogen-bond acceptors (Lipinski definition) is 2. The number of rotatable bonds is 3. The topological polar surface area (TPSA) is 15.3 Å². The molecular weight excluding hydrogens is 172 g/mol. The maximum Gasteiger partial charge on any atom is 0.0601 e. The molecule has 2 atom stereocenters. The van der Waals surface area contributed by atoms with Crippen molar-refractivity contribution in [2.75, 3.05) is 13.1 Å². The lowest BCUT2D eigenvalue weighted by Crippen LogP contribution is -2.48. The molecule has 2 bridgehead atoms. The smallest absolute Gasteiger partial charge is 0.0601 e. The second-order valence-electron chi connectivity index (χ2n) is 4.53. The quantitative estimate of drug-likeness (QED) is 0.676. The van der Waals surface area contributed by atoms with Crippen molar-refractivity contribution >= 4 is 0 Å². The van der Waals surface area contributed by atoms with Crippen molar-refractivity contribution in [2.45, 2.75) is 50.7 Å². The van der Waals surface area contributed by atoms with Gasteiger partial charge in [0.2, 0.25) is 0 Å². The van der Waals surface area contributed by atoms with Crippen LogP contribution in [0.2, 0.25) is 0 Å². The van der Waals surface area contributed by atoms with E-state index in [-0.39, 0.29) is 0 Å². The number of nitrogens with one attached hydrogen (secondary N) is 1. The van der Waals surface area contributed by atoms with E-state index in [1.165, 1.54) is 25.7 Å². The Bertz CT molecular complexity index is 219. The van der Waals surface area contributed by atoms with E-state index in [4.69, 9.17) is 6.42 Å². The van der Waals surface area contributed by atoms with E-state index in [1.54, 1.807) is 0 Å². The molecule has 2 aliphatic heterocycles. The molecule has 2 unspecified atom stereocenters. The fourth-order valence-electron chi connectivity index (χ4n) is 2.94. The van der Waals surface area contributed by atoms with E-state index < -0.39 is 0 Å². The van der Waals surface area contributed by atoms with Crippen molar-refractivity contribution in [1.82, 2.24) is 10.2 Å². The first-order chi connectivity index (χ1) is 6.83. The van der Waals surface area contributed by atoms with Gasteiger partial charge in [-0.3, -0.25) is 4.90 Å². The van der Waals surface area contributed by atoms with Crippen molar-refractivity contribution in [2.24, 2.45) is 0 Å². The zero-order valence-corrected chi connectivity index (χ0v) is 9.00. The molecule has 2 aliphatic rings. The summed E-state index contributed by atoms with van der Waals surface area (Å²) in [5.74, 6) is 2.77. The van der Waals surface area contributed by atoms with Crippen LogP contribution in [0.15, 0.2) is 0 Å². The summed E-state index contributed by atoms with van der Waals surface area (Å²) in [6.45, 7) is 4.12. The van der Waals surface area contributed by atoms with Gasteiger partial charge in [0.05, 0.1) is 6.54 Å². The van der Waals surface area contributed by atoms with Crippen LogP contribution in [0.1, 0.15) is 32.6 Å². The van der Waals surface area contributed by atoms with E-state index in [0.717, 1.165) is 31.2 Å². The summed E-state index contributed by atoms with van der Waals surface area (Å²) in [7, 11) is 0. The van der Waals surface area contributed by atoms with E-state index >= 15 is 0 Å². The highest BCUT2D eigenvalue weighted by atomic mass is 15.2. The Morgan fingerprint density at radius 1 is 1.36 bits per heavy atom. The molecule has 0 saturated carbocycles. The van der Waals surface area contributed by atoms with Crippen molar-refractivity contribution in [3.8, 4) is 12.3 Å². The average molecular weight is 192 g/mol. The number of hydrogen-bond donors (Lipinski definition) is 1. The fraction of sp³-hybridized carbons (Fsp3) is 0.833. The maximum atomic E-state index is 5.39. The number of fused-ring (bicyclic) bond motifs is 2. The van der Waals surface area contributed by atoms with E-state index in [0.29, 0.717) is 0 Å². The van der Waals surface area contributed by atoms with Gasteiger partial charge in [0.25, 0.3) is 0 Å². The van der Waals surface area contributed by atoms with Crippen LogP contribution in [0.25, 0.3) is 0 Å². The largest absolute Gasteiger partial charge is 0.311 e. The summed E-state index contributed by atoms with van der Waals surface area (Å²) < 4.78 is 0. The first-order valence-electron chi connectivity index (χ1n) is 5.77. The summed E-state index contributed by atoms with van der Waals surface area (Å²) in [6.07, 6.45) is 10.7. The van der Waals surface area contributed by atoms with Gasteiger partial charge in [-0.15, -0.1) is 6.42 Å². The predicted molar refractivity (Wildman–Crippen MR) is 59.0 cm³/mol. The van der Waals surface area contributed by atoms with Crippen LogP contribution in [0.3, 0.4) is 0 Å². The molecule has 2 fully saturated rings. The van der Waals surface area contributed by atoms with Gasteiger partial charge < -0.3 is 5.32 Å². The fourth-order valence-corrected chi connectivity index (χ4v) is 2.94. The van der Waals surface area contributed by atoms with E-state index in [2.05, 4.69) is 23.1 Å². The summed E-state index contributed by atoms with van der Waals surface area (Å²) >= 11 is 0. The lowest BCUT2D eigenvalue weighted by atomic mass is 9.98. The lowest BCUT2D eigenvalue weighted by Gasteiger charge is -2.36. The summed E-state index contributed by atoms with van der Waals surface area (Å²) in [4.78, 5) is 2.45. The number of piperidine rings is 1. The Hall–Kier alpha value is -0.520. The van der Waals surface area contributed by atoms with Crippen LogP contribution >= 0.6 is 0 Å². The van der Waals surface area contributed by atoms with Crippen molar-refractivity contribution < 1.29 is 0 Å². The molecule has 0 aliphatic carbocycles. The minimum Gasteiger partial charge on any atom is -0.311 e. The molecule has 0 amide bonds. The first-order valence-corrected chi connectivity index (χ1v) is 5.77. The van der Waals surface area contributed by atoms with Gasteiger partial charge in [-0.05, 0) is 32.2 Å². The van der Waals surface area contributed by atoms with Crippen LogP contribution in [0.5, 0.6) is 0 Å². The zero-order chi connectivity index (χ0) is 9.97. The van der Waals surface area contributed by atoms with Gasteiger partial charge in [0, 0.05) is 18.1 Å². The van der Waals surface area contributed by atoms with Gasteiger partial charge in [-0.25, -0.2) is 0 Å². The van der Waals surface area contributed by atoms with Gasteiger partial charge in [0.15, 0.2) is 0 Å². The summed E-state index contributed by atoms with van der Waals surface area (Å²) in [5, 5.41) is 3.66. The molecule has 2 nitrogen and oxygen atoms in total. The second-order valence-corrected chi connectivity index (χ2v) is 4.53. The molecule has 2 rings (SSSR count). The highest BCUT2D eigenvalue weighted by Crippen LogP contribution is 2.29. The van der Waals surface area contributed by atoms with Gasteiger partial charge in [0.1, 0.15) is 0 Å². The molecule has 2 heterocycles. The van der Waals surface area contributed by atoms with Crippen LogP contribution in [0, 0.1) is 12.3 Å². The summed E-state index contributed by atoms with van der Waals surface area (Å²) in [6, 6.07) is 2.27. The van der Waals surface area contributed by atoms with Gasteiger partial charge in [-0.2, -0.15) is 0 Å². The zero-order valence-electron chi connectivity index (χ0n) is 9.00. The summed E-state index contributed by atoms with van der Waals surface area (Å²) in [5.41, 5.74) is 0. The standard InChI is InChI=1S/C12H20N2/c1-3-7-14(4-2)12-8-10-5-6-11(9-12)13-10/h1,10-13H,4-9H2,2H3. The van der Waals surface area contributed by atoms with Crippen LogP contribution < -0.4 is 5.32 Å². The molecule has 14 heavy (non-hydrogen) atoms. The Kier molecular flexibility index (Phi) is 3.10. The minimum absolute atomic E-state index is 0.731. The molecule has 0 spiro atoms. The first kappa shape index (κ1) is 10.0. The molecule has 0 aromatic rings. The SMILES string of the molecule is C#CCN(CC)C1CC2CCC(C1)N2. The van der Waals surface area contributed by atoms with Crippen LogP contribution in [-0.2, 0) is 0 Å². The second kappa shape index (κ2) is 4.33. The maximum absolute atomic E-state index is 5.39. The molecule has 0 aromatic heterocycles. The Morgan fingerprint density at radius 2 is 2.00 bits per heavy atom. The normalized spacial score (nSPS) is 35.9. The van der Waals surface area contributed by atoms with Gasteiger partial charge in [-0.1, -0.05) is 12.8 Å². The molecule has 1 N–H and O–H groups in total. The lowest BCUT2D eigenvalue weighted by molar-refractivity contribution is 0.165. The number of terminal acetylenes is 1. The van der Waals surface area contributed by atoms with Crippen LogP contribution in [0.4, 0.5) is 0 Å². The Balaban J connectivity index is 1.94. The van der Waals surface area contributed by atoms with Crippen LogP contribution in [-0.4, -0.2) is 36.1 Å². The van der Waals surface area contributed by atoms with Gasteiger partial charge >= 0.3 is 0 Å². The predicted octanol–water partition coefficient (Wildman–Crippen LogP) is 1.22. The molecule has 0 radical (unpaired) electrons. The molecular formula is C12H20N2. The van der Waals surface area contributed by atoms with Crippen molar-refractivity contribution in [3.63, 3.8) is 0 Å². The monoisotopic (exact) mass is 192 g/mol. The molecule has 0 aromatic carbocycles. The van der Waals surface area contributed by atoms with Crippen molar-refractivity contribution in [1.29, 1.82) is 0 Å². The highest BCUT2D eigenvalue weighted by molar-refractivity contribution is 4.98. The highest BCUT2D eigenvalue weighted by Gasteiger charge is 2.35. The third-order valence-electron chi connectivity index (χ3n) is 3.67. The minimum atomic E-state index is 0.731. The molecule has 2 saturated heterocycles. The van der Waals surface area contributed by atoms with E-state index in [1.807, 2.05) is 0 Å². The number of nitrogens with zero attached hydrogens (tertiary/aromatic N) is 1. The molecule has 2 heteroatoms.